The number of aryl methyl sites for hydroxylation is 1. The highest BCUT2D eigenvalue weighted by Gasteiger charge is 2.25. The molecule has 134 valence electrons. The molecular formula is C19H19N3O3S. The molecule has 2 aromatic carbocycles. The summed E-state index contributed by atoms with van der Waals surface area (Å²) in [4.78, 5) is 15.8. The van der Waals surface area contributed by atoms with Gasteiger partial charge in [0, 0.05) is 25.0 Å². The number of Topliss-reactive ketones (excluding diaryl/α,β-unsaturated/α-hetero) is 1. The fraction of sp³-hybridized carbons (Fsp3) is 0.158. The minimum atomic E-state index is -3.81. The van der Waals surface area contributed by atoms with Gasteiger partial charge in [-0.1, -0.05) is 42.5 Å². The van der Waals surface area contributed by atoms with Crippen LogP contribution in [0.5, 0.6) is 0 Å². The Bertz CT molecular complexity index is 1010. The average Bonchev–Trinajstić information content (AvgIpc) is 3.06. The fourth-order valence-electron chi connectivity index (χ4n) is 2.66. The Hall–Kier alpha value is -2.77. The number of carbonyl (C=O) groups excluding carboxylic acids is 1. The van der Waals surface area contributed by atoms with E-state index in [4.69, 9.17) is 0 Å². The van der Waals surface area contributed by atoms with Gasteiger partial charge >= 0.3 is 0 Å². The van der Waals surface area contributed by atoms with E-state index in [1.165, 1.54) is 31.2 Å². The van der Waals surface area contributed by atoms with Crippen LogP contribution in [0, 0.1) is 0 Å². The minimum Gasteiger partial charge on any atom is -0.336 e. The monoisotopic (exact) mass is 369 g/mol. The zero-order valence-electron chi connectivity index (χ0n) is 14.5. The topological polar surface area (TPSA) is 81.1 Å². The fourth-order valence-corrected chi connectivity index (χ4v) is 3.84. The predicted molar refractivity (Wildman–Crippen MR) is 98.3 cm³/mol. The summed E-state index contributed by atoms with van der Waals surface area (Å²) in [6.45, 7) is 1.44. The quantitative estimate of drug-likeness (QED) is 0.678. The third-order valence-corrected chi connectivity index (χ3v) is 5.53. The van der Waals surface area contributed by atoms with Gasteiger partial charge in [-0.25, -0.2) is 13.4 Å². The molecule has 0 spiro atoms. The lowest BCUT2D eigenvalue weighted by molar-refractivity contribution is 0.101. The molecule has 1 N–H and O–H groups in total. The molecule has 0 saturated carbocycles. The summed E-state index contributed by atoms with van der Waals surface area (Å²) in [5.41, 5.74) is 1.25. The predicted octanol–water partition coefficient (Wildman–Crippen LogP) is 2.69. The molecule has 1 aromatic heterocycles. The second-order valence-corrected chi connectivity index (χ2v) is 7.66. The first-order valence-electron chi connectivity index (χ1n) is 8.04. The van der Waals surface area contributed by atoms with Gasteiger partial charge in [0.05, 0.1) is 4.90 Å². The Balaban J connectivity index is 1.98. The number of carbonyl (C=O) groups is 1. The molecule has 3 rings (SSSR count). The van der Waals surface area contributed by atoms with Crippen molar-refractivity contribution < 1.29 is 13.2 Å². The number of nitrogens with one attached hydrogen (secondary N) is 1. The van der Waals surface area contributed by atoms with E-state index in [-0.39, 0.29) is 10.7 Å². The molecule has 26 heavy (non-hydrogen) atoms. The molecule has 0 aliphatic rings. The Kier molecular flexibility index (Phi) is 5.01. The smallest absolute Gasteiger partial charge is 0.241 e. The molecule has 1 unspecified atom stereocenters. The average molecular weight is 369 g/mol. The number of aromatic nitrogens is 2. The number of imidazole rings is 1. The maximum Gasteiger partial charge on any atom is 0.241 e. The molecule has 0 radical (unpaired) electrons. The molecule has 1 heterocycles. The van der Waals surface area contributed by atoms with E-state index in [2.05, 4.69) is 9.71 Å². The number of nitrogens with zero attached hydrogens (tertiary/aromatic N) is 2. The summed E-state index contributed by atoms with van der Waals surface area (Å²) in [7, 11) is -1.99. The summed E-state index contributed by atoms with van der Waals surface area (Å²) >= 11 is 0. The Morgan fingerprint density at radius 1 is 1.08 bits per heavy atom. The first-order chi connectivity index (χ1) is 12.4. The van der Waals surface area contributed by atoms with Crippen LogP contribution in [0.4, 0.5) is 0 Å². The van der Waals surface area contributed by atoms with Gasteiger partial charge in [-0.2, -0.15) is 4.72 Å². The van der Waals surface area contributed by atoms with Gasteiger partial charge in [-0.3, -0.25) is 4.79 Å². The summed E-state index contributed by atoms with van der Waals surface area (Å²) in [6.07, 6.45) is 3.39. The van der Waals surface area contributed by atoms with Gasteiger partial charge in [-0.15, -0.1) is 0 Å². The molecule has 0 bridgehead atoms. The van der Waals surface area contributed by atoms with Gasteiger partial charge in [0.25, 0.3) is 0 Å². The Morgan fingerprint density at radius 2 is 1.73 bits per heavy atom. The van der Waals surface area contributed by atoms with Crippen molar-refractivity contribution in [1.82, 2.24) is 14.3 Å². The van der Waals surface area contributed by atoms with E-state index in [1.54, 1.807) is 17.0 Å². The number of ketones is 1. The second-order valence-electron chi connectivity index (χ2n) is 5.94. The van der Waals surface area contributed by atoms with Crippen LogP contribution in [0.3, 0.4) is 0 Å². The number of benzene rings is 2. The first-order valence-corrected chi connectivity index (χ1v) is 9.52. The van der Waals surface area contributed by atoms with Crippen LogP contribution in [0.2, 0.25) is 0 Å². The molecule has 7 heteroatoms. The number of sulfonamides is 1. The van der Waals surface area contributed by atoms with Gasteiger partial charge < -0.3 is 4.57 Å². The maximum absolute atomic E-state index is 12.9. The molecule has 0 aliphatic carbocycles. The largest absolute Gasteiger partial charge is 0.336 e. The van der Waals surface area contributed by atoms with Crippen molar-refractivity contribution in [1.29, 1.82) is 0 Å². The van der Waals surface area contributed by atoms with E-state index in [1.807, 2.05) is 37.4 Å². The summed E-state index contributed by atoms with van der Waals surface area (Å²) < 4.78 is 30.2. The van der Waals surface area contributed by atoms with Crippen molar-refractivity contribution in [2.75, 3.05) is 0 Å². The lowest BCUT2D eigenvalue weighted by Crippen LogP contribution is -2.31. The summed E-state index contributed by atoms with van der Waals surface area (Å²) in [5, 5.41) is 0. The first kappa shape index (κ1) is 18.0. The number of hydrogen-bond donors (Lipinski definition) is 1. The van der Waals surface area contributed by atoms with Crippen molar-refractivity contribution in [2.24, 2.45) is 7.05 Å². The number of rotatable bonds is 6. The Labute approximate surface area is 152 Å². The number of hydrogen-bond acceptors (Lipinski definition) is 4. The standard InChI is InChI=1S/C19H19N3O3S/c1-14(23)15-8-10-17(11-9-15)26(24,25)21-18(16-6-4-3-5-7-16)19-20-12-13-22(19)2/h3-13,18,21H,1-2H3. The zero-order valence-corrected chi connectivity index (χ0v) is 15.3. The Morgan fingerprint density at radius 3 is 2.27 bits per heavy atom. The highest BCUT2D eigenvalue weighted by molar-refractivity contribution is 7.89. The lowest BCUT2D eigenvalue weighted by Gasteiger charge is -2.19. The molecule has 0 aliphatic heterocycles. The SMILES string of the molecule is CC(=O)c1ccc(S(=O)(=O)NC(c2ccccc2)c2nccn2C)cc1. The van der Waals surface area contributed by atoms with Gasteiger partial charge in [0.2, 0.25) is 10.0 Å². The highest BCUT2D eigenvalue weighted by atomic mass is 32.2. The van der Waals surface area contributed by atoms with E-state index in [0.29, 0.717) is 11.4 Å². The van der Waals surface area contributed by atoms with E-state index in [0.717, 1.165) is 5.56 Å². The molecule has 3 aromatic rings. The van der Waals surface area contributed by atoms with Crippen LogP contribution in [0.15, 0.2) is 71.9 Å². The molecule has 0 fully saturated rings. The van der Waals surface area contributed by atoms with Gasteiger partial charge in [-0.05, 0) is 24.6 Å². The van der Waals surface area contributed by atoms with Crippen molar-refractivity contribution in [3.8, 4) is 0 Å². The van der Waals surface area contributed by atoms with Gasteiger partial charge in [0.1, 0.15) is 11.9 Å². The van der Waals surface area contributed by atoms with Crippen LogP contribution in [-0.2, 0) is 17.1 Å². The van der Waals surface area contributed by atoms with E-state index in [9.17, 15) is 13.2 Å². The molecule has 6 nitrogen and oxygen atoms in total. The minimum absolute atomic E-state index is 0.0950. The molecule has 0 saturated heterocycles. The summed E-state index contributed by atoms with van der Waals surface area (Å²) in [5.74, 6) is 0.470. The molecule has 1 atom stereocenters. The summed E-state index contributed by atoms with van der Waals surface area (Å²) in [6, 6.07) is 14.5. The van der Waals surface area contributed by atoms with E-state index < -0.39 is 16.1 Å². The molecular weight excluding hydrogens is 350 g/mol. The molecule has 0 amide bonds. The highest BCUT2D eigenvalue weighted by Crippen LogP contribution is 2.23. The van der Waals surface area contributed by atoms with Crippen molar-refractivity contribution in [3.63, 3.8) is 0 Å². The van der Waals surface area contributed by atoms with Gasteiger partial charge in [0.15, 0.2) is 5.78 Å². The van der Waals surface area contributed by atoms with Crippen LogP contribution in [0.25, 0.3) is 0 Å². The maximum atomic E-state index is 12.9. The van der Waals surface area contributed by atoms with Crippen LogP contribution >= 0.6 is 0 Å². The second kappa shape index (κ2) is 7.23. The van der Waals surface area contributed by atoms with Crippen LogP contribution in [0.1, 0.15) is 34.7 Å². The van der Waals surface area contributed by atoms with E-state index >= 15 is 0 Å². The third-order valence-electron chi connectivity index (χ3n) is 4.09. The van der Waals surface area contributed by atoms with Crippen LogP contribution < -0.4 is 4.72 Å². The third kappa shape index (κ3) is 3.74. The van der Waals surface area contributed by atoms with Crippen molar-refractivity contribution in [3.05, 3.63) is 83.9 Å². The van der Waals surface area contributed by atoms with Crippen molar-refractivity contribution >= 4 is 15.8 Å². The van der Waals surface area contributed by atoms with Crippen LogP contribution in [-0.4, -0.2) is 23.8 Å². The lowest BCUT2D eigenvalue weighted by atomic mass is 10.1. The normalized spacial score (nSPS) is 12.7. The zero-order chi connectivity index (χ0) is 18.7. The van der Waals surface area contributed by atoms with Crippen molar-refractivity contribution in [2.45, 2.75) is 17.9 Å².